The first-order valence-corrected chi connectivity index (χ1v) is 8.83. The summed E-state index contributed by atoms with van der Waals surface area (Å²) in [6, 6.07) is 14.6. The number of carbonyl (C=O) groups is 1. The number of nitrogens with zero attached hydrogens (tertiary/aromatic N) is 1. The Morgan fingerprint density at radius 2 is 1.76 bits per heavy atom. The predicted octanol–water partition coefficient (Wildman–Crippen LogP) is 5.79. The highest BCUT2D eigenvalue weighted by atomic mass is 16.4. The van der Waals surface area contributed by atoms with Crippen LogP contribution in [0.4, 0.5) is 0 Å². The number of aromatic carboxylic acids is 1. The first-order chi connectivity index (χ1) is 11.9. The molecule has 25 heavy (non-hydrogen) atoms. The van der Waals surface area contributed by atoms with E-state index in [9.17, 15) is 9.90 Å². The minimum Gasteiger partial charge on any atom is -0.478 e. The maximum atomic E-state index is 11.6. The van der Waals surface area contributed by atoms with Crippen molar-refractivity contribution in [1.29, 1.82) is 0 Å². The molecular formula is C22H25NO2. The minimum absolute atomic E-state index is 0.373. The fourth-order valence-electron chi connectivity index (χ4n) is 3.26. The number of benzene rings is 2. The largest absolute Gasteiger partial charge is 0.478 e. The lowest BCUT2D eigenvalue weighted by molar-refractivity contribution is 0.0698. The van der Waals surface area contributed by atoms with Crippen LogP contribution in [0.5, 0.6) is 0 Å². The van der Waals surface area contributed by atoms with Gasteiger partial charge in [0.1, 0.15) is 0 Å². The van der Waals surface area contributed by atoms with Crippen molar-refractivity contribution in [3.63, 3.8) is 0 Å². The van der Waals surface area contributed by atoms with Crippen molar-refractivity contribution < 1.29 is 9.90 Å². The molecule has 3 rings (SSSR count). The Kier molecular flexibility index (Phi) is 4.67. The molecule has 0 saturated heterocycles. The van der Waals surface area contributed by atoms with E-state index in [0.717, 1.165) is 23.0 Å². The van der Waals surface area contributed by atoms with Crippen molar-refractivity contribution in [2.45, 2.75) is 40.2 Å². The molecule has 130 valence electrons. The average molecular weight is 335 g/mol. The van der Waals surface area contributed by atoms with Crippen molar-refractivity contribution in [2.75, 3.05) is 0 Å². The van der Waals surface area contributed by atoms with Crippen LogP contribution in [0.25, 0.3) is 22.0 Å². The molecule has 0 aliphatic rings. The molecule has 0 saturated carbocycles. The number of fused-ring (bicyclic) bond motifs is 1. The van der Waals surface area contributed by atoms with E-state index in [2.05, 4.69) is 62.6 Å². The fraction of sp³-hybridized carbons (Fsp3) is 0.318. The van der Waals surface area contributed by atoms with Crippen molar-refractivity contribution in [3.05, 3.63) is 59.8 Å². The fourth-order valence-corrected chi connectivity index (χ4v) is 3.26. The van der Waals surface area contributed by atoms with Gasteiger partial charge in [-0.25, -0.2) is 4.79 Å². The maximum Gasteiger partial charge on any atom is 0.337 e. The van der Waals surface area contributed by atoms with Crippen molar-refractivity contribution in [3.8, 4) is 11.1 Å². The minimum atomic E-state index is -0.873. The molecule has 0 unspecified atom stereocenters. The summed E-state index contributed by atoms with van der Waals surface area (Å²) in [7, 11) is 0. The third-order valence-electron chi connectivity index (χ3n) is 4.56. The molecule has 0 atom stereocenters. The van der Waals surface area contributed by atoms with E-state index in [0.29, 0.717) is 17.4 Å². The number of carboxylic acids is 1. The summed E-state index contributed by atoms with van der Waals surface area (Å²) < 4.78 is 2.07. The van der Waals surface area contributed by atoms with Gasteiger partial charge >= 0.3 is 5.97 Å². The van der Waals surface area contributed by atoms with E-state index < -0.39 is 5.97 Å². The standard InChI is InChI=1S/C22H25NO2/c1-14(2)12-23-13-20(22(24)25)19-9-8-18(11-21(19)23)17-7-5-6-16(10-17)15(3)4/h5-11,13-15H,12H2,1-4H3,(H,24,25). The zero-order valence-corrected chi connectivity index (χ0v) is 15.3. The van der Waals surface area contributed by atoms with Crippen LogP contribution in [0.15, 0.2) is 48.7 Å². The molecule has 0 aliphatic carbocycles. The summed E-state index contributed by atoms with van der Waals surface area (Å²) in [4.78, 5) is 11.6. The molecule has 3 aromatic rings. The van der Waals surface area contributed by atoms with Gasteiger partial charge in [-0.1, -0.05) is 64.1 Å². The Morgan fingerprint density at radius 1 is 1.04 bits per heavy atom. The molecule has 0 amide bonds. The Bertz CT molecular complexity index is 919. The van der Waals surface area contributed by atoms with E-state index in [-0.39, 0.29) is 0 Å². The van der Waals surface area contributed by atoms with Gasteiger partial charge in [0, 0.05) is 23.6 Å². The molecule has 0 fully saturated rings. The third kappa shape index (κ3) is 3.46. The molecule has 1 N–H and O–H groups in total. The lowest BCUT2D eigenvalue weighted by Crippen LogP contribution is -2.03. The van der Waals surface area contributed by atoms with Crippen LogP contribution in [0.3, 0.4) is 0 Å². The van der Waals surface area contributed by atoms with Gasteiger partial charge in [-0.05, 0) is 34.6 Å². The zero-order chi connectivity index (χ0) is 18.1. The Labute approximate surface area is 148 Å². The first kappa shape index (κ1) is 17.3. The van der Waals surface area contributed by atoms with Crippen LogP contribution in [-0.2, 0) is 6.54 Å². The number of hydrogen-bond donors (Lipinski definition) is 1. The molecule has 1 heterocycles. The van der Waals surface area contributed by atoms with Gasteiger partial charge in [-0.2, -0.15) is 0 Å². The highest BCUT2D eigenvalue weighted by Gasteiger charge is 2.15. The molecule has 2 aromatic carbocycles. The molecule has 1 aromatic heterocycles. The molecule has 3 nitrogen and oxygen atoms in total. The summed E-state index contributed by atoms with van der Waals surface area (Å²) in [6.07, 6.45) is 1.77. The highest BCUT2D eigenvalue weighted by Crippen LogP contribution is 2.30. The lowest BCUT2D eigenvalue weighted by atomic mass is 9.97. The smallest absolute Gasteiger partial charge is 0.337 e. The Balaban J connectivity index is 2.15. The van der Waals surface area contributed by atoms with Crippen molar-refractivity contribution in [2.24, 2.45) is 5.92 Å². The number of rotatable bonds is 5. The Morgan fingerprint density at radius 3 is 2.40 bits per heavy atom. The van der Waals surface area contributed by atoms with Crippen molar-refractivity contribution in [1.82, 2.24) is 4.57 Å². The van der Waals surface area contributed by atoms with Crippen LogP contribution in [-0.4, -0.2) is 15.6 Å². The van der Waals surface area contributed by atoms with E-state index >= 15 is 0 Å². The van der Waals surface area contributed by atoms with E-state index in [1.807, 2.05) is 12.1 Å². The summed E-state index contributed by atoms with van der Waals surface area (Å²) in [5, 5.41) is 10.3. The second-order valence-electron chi connectivity index (χ2n) is 7.41. The van der Waals surface area contributed by atoms with Gasteiger partial charge in [0.2, 0.25) is 0 Å². The van der Waals surface area contributed by atoms with Crippen LogP contribution >= 0.6 is 0 Å². The van der Waals surface area contributed by atoms with Crippen LogP contribution < -0.4 is 0 Å². The second-order valence-corrected chi connectivity index (χ2v) is 7.41. The summed E-state index contributed by atoms with van der Waals surface area (Å²) in [5.74, 6) is 0.0549. The van der Waals surface area contributed by atoms with E-state index in [1.165, 1.54) is 11.1 Å². The monoisotopic (exact) mass is 335 g/mol. The normalized spacial score (nSPS) is 11.6. The average Bonchev–Trinajstić information content (AvgIpc) is 2.92. The molecule has 3 heteroatoms. The summed E-state index contributed by atoms with van der Waals surface area (Å²) >= 11 is 0. The van der Waals surface area contributed by atoms with Gasteiger partial charge in [0.25, 0.3) is 0 Å². The third-order valence-corrected chi connectivity index (χ3v) is 4.56. The Hall–Kier alpha value is -2.55. The van der Waals surface area contributed by atoms with E-state index in [4.69, 9.17) is 0 Å². The molecule has 0 bridgehead atoms. The molecular weight excluding hydrogens is 310 g/mol. The number of carboxylic acid groups (broad SMARTS) is 1. The molecule has 0 spiro atoms. The van der Waals surface area contributed by atoms with Gasteiger partial charge in [-0.15, -0.1) is 0 Å². The van der Waals surface area contributed by atoms with Crippen molar-refractivity contribution >= 4 is 16.9 Å². The number of hydrogen-bond acceptors (Lipinski definition) is 1. The first-order valence-electron chi connectivity index (χ1n) is 8.83. The van der Waals surface area contributed by atoms with Crippen LogP contribution in [0.1, 0.15) is 49.5 Å². The quantitative estimate of drug-likeness (QED) is 0.641. The number of aromatic nitrogens is 1. The summed E-state index contributed by atoms with van der Waals surface area (Å²) in [6.45, 7) is 9.47. The lowest BCUT2D eigenvalue weighted by Gasteiger charge is -2.11. The zero-order valence-electron chi connectivity index (χ0n) is 15.3. The maximum absolute atomic E-state index is 11.6. The summed E-state index contributed by atoms with van der Waals surface area (Å²) in [5.41, 5.74) is 4.95. The molecule has 0 radical (unpaired) electrons. The van der Waals surface area contributed by atoms with Crippen LogP contribution in [0.2, 0.25) is 0 Å². The highest BCUT2D eigenvalue weighted by molar-refractivity contribution is 6.04. The van der Waals surface area contributed by atoms with Gasteiger partial charge in [0.15, 0.2) is 0 Å². The van der Waals surface area contributed by atoms with Gasteiger partial charge in [-0.3, -0.25) is 0 Å². The SMILES string of the molecule is CC(C)Cn1cc(C(=O)O)c2ccc(-c3cccc(C(C)C)c3)cc21. The second kappa shape index (κ2) is 6.75. The van der Waals surface area contributed by atoms with Gasteiger partial charge in [0.05, 0.1) is 5.56 Å². The van der Waals surface area contributed by atoms with Gasteiger partial charge < -0.3 is 9.67 Å². The van der Waals surface area contributed by atoms with Crippen LogP contribution in [0, 0.1) is 5.92 Å². The van der Waals surface area contributed by atoms with E-state index in [1.54, 1.807) is 6.20 Å². The predicted molar refractivity (Wildman–Crippen MR) is 103 cm³/mol. The molecule has 0 aliphatic heterocycles. The topological polar surface area (TPSA) is 42.2 Å².